The molecule has 0 bridgehead atoms. The number of rotatable bonds is 3. The Balaban J connectivity index is 2.42. The van der Waals surface area contributed by atoms with Crippen molar-refractivity contribution in [3.63, 3.8) is 0 Å². The SMILES string of the molecule is Cc1ccc(C(=O)O)c(Oc2ccccc2Br)n1. The Morgan fingerprint density at radius 1 is 1.28 bits per heavy atom. The Kier molecular flexibility index (Phi) is 3.62. The summed E-state index contributed by atoms with van der Waals surface area (Å²) in [6.07, 6.45) is 0. The molecule has 0 atom stereocenters. The van der Waals surface area contributed by atoms with E-state index in [1.807, 2.05) is 12.1 Å². The zero-order chi connectivity index (χ0) is 13.1. The van der Waals surface area contributed by atoms with Crippen LogP contribution in [-0.4, -0.2) is 16.1 Å². The molecule has 1 aromatic carbocycles. The Morgan fingerprint density at radius 2 is 2.00 bits per heavy atom. The molecule has 0 radical (unpaired) electrons. The van der Waals surface area contributed by atoms with Gasteiger partial charge >= 0.3 is 5.97 Å². The van der Waals surface area contributed by atoms with E-state index in [9.17, 15) is 4.79 Å². The smallest absolute Gasteiger partial charge is 0.341 e. The first-order valence-electron chi connectivity index (χ1n) is 5.21. The molecular weight excluding hydrogens is 298 g/mol. The van der Waals surface area contributed by atoms with Crippen LogP contribution in [0, 0.1) is 6.92 Å². The van der Waals surface area contributed by atoms with Crippen LogP contribution in [0.1, 0.15) is 16.1 Å². The number of aromatic nitrogens is 1. The second-order valence-corrected chi connectivity index (χ2v) is 4.50. The van der Waals surface area contributed by atoms with Crippen LogP contribution >= 0.6 is 15.9 Å². The third-order valence-corrected chi connectivity index (χ3v) is 2.93. The Bertz CT molecular complexity index is 599. The fourth-order valence-electron chi connectivity index (χ4n) is 1.41. The second-order valence-electron chi connectivity index (χ2n) is 3.64. The van der Waals surface area contributed by atoms with Gasteiger partial charge in [-0.3, -0.25) is 0 Å². The minimum absolute atomic E-state index is 0.0383. The monoisotopic (exact) mass is 307 g/mol. The van der Waals surface area contributed by atoms with Crippen molar-refractivity contribution >= 4 is 21.9 Å². The number of hydrogen-bond acceptors (Lipinski definition) is 3. The normalized spacial score (nSPS) is 10.1. The molecule has 1 heterocycles. The van der Waals surface area contributed by atoms with E-state index in [0.29, 0.717) is 11.4 Å². The third-order valence-electron chi connectivity index (χ3n) is 2.27. The summed E-state index contributed by atoms with van der Waals surface area (Å²) in [7, 11) is 0. The average molecular weight is 308 g/mol. The molecule has 92 valence electrons. The first-order chi connectivity index (χ1) is 8.58. The highest BCUT2D eigenvalue weighted by Gasteiger charge is 2.14. The number of carbonyl (C=O) groups is 1. The van der Waals surface area contributed by atoms with Gasteiger partial charge in [0.2, 0.25) is 5.88 Å². The standard InChI is InChI=1S/C13H10BrNO3/c1-8-6-7-9(13(16)17)12(15-8)18-11-5-3-2-4-10(11)14/h2-7H,1H3,(H,16,17). The van der Waals surface area contributed by atoms with Gasteiger partial charge in [-0.25, -0.2) is 9.78 Å². The van der Waals surface area contributed by atoms with Gasteiger partial charge in [0.1, 0.15) is 11.3 Å². The quantitative estimate of drug-likeness (QED) is 0.940. The topological polar surface area (TPSA) is 59.4 Å². The van der Waals surface area contributed by atoms with E-state index >= 15 is 0 Å². The fourth-order valence-corrected chi connectivity index (χ4v) is 1.77. The summed E-state index contributed by atoms with van der Waals surface area (Å²) in [5.74, 6) is -0.447. The van der Waals surface area contributed by atoms with Gasteiger partial charge in [-0.2, -0.15) is 0 Å². The molecule has 5 heteroatoms. The van der Waals surface area contributed by atoms with Crippen molar-refractivity contribution in [2.45, 2.75) is 6.92 Å². The Hall–Kier alpha value is -1.88. The van der Waals surface area contributed by atoms with Crippen LogP contribution in [0.3, 0.4) is 0 Å². The van der Waals surface area contributed by atoms with Crippen LogP contribution in [0.15, 0.2) is 40.9 Å². The molecule has 0 amide bonds. The number of benzene rings is 1. The molecule has 2 aromatic rings. The number of ether oxygens (including phenoxy) is 1. The zero-order valence-electron chi connectivity index (χ0n) is 9.55. The lowest BCUT2D eigenvalue weighted by Crippen LogP contribution is -2.03. The summed E-state index contributed by atoms with van der Waals surface area (Å²) < 4.78 is 6.28. The fraction of sp³-hybridized carbons (Fsp3) is 0.0769. The van der Waals surface area contributed by atoms with Gasteiger partial charge in [-0.1, -0.05) is 12.1 Å². The highest BCUT2D eigenvalue weighted by Crippen LogP contribution is 2.30. The number of aromatic carboxylic acids is 1. The highest BCUT2D eigenvalue weighted by atomic mass is 79.9. The molecule has 0 spiro atoms. The number of carboxylic acid groups (broad SMARTS) is 1. The molecule has 1 N–H and O–H groups in total. The van der Waals surface area contributed by atoms with Crippen molar-refractivity contribution in [2.75, 3.05) is 0 Å². The molecule has 2 rings (SSSR count). The lowest BCUT2D eigenvalue weighted by atomic mass is 10.2. The highest BCUT2D eigenvalue weighted by molar-refractivity contribution is 9.10. The number of aryl methyl sites for hydroxylation is 1. The predicted octanol–water partition coefficient (Wildman–Crippen LogP) is 3.64. The van der Waals surface area contributed by atoms with Crippen LogP contribution in [-0.2, 0) is 0 Å². The van der Waals surface area contributed by atoms with Crippen LogP contribution in [0.4, 0.5) is 0 Å². The van der Waals surface area contributed by atoms with Crippen LogP contribution < -0.4 is 4.74 Å². The van der Waals surface area contributed by atoms with Gasteiger partial charge < -0.3 is 9.84 Å². The number of carboxylic acids is 1. The maximum Gasteiger partial charge on any atom is 0.341 e. The largest absolute Gasteiger partial charge is 0.477 e. The summed E-state index contributed by atoms with van der Waals surface area (Å²) >= 11 is 3.33. The van der Waals surface area contributed by atoms with Gasteiger partial charge in [0.15, 0.2) is 0 Å². The van der Waals surface area contributed by atoms with E-state index in [-0.39, 0.29) is 11.4 Å². The van der Waals surface area contributed by atoms with Crippen molar-refractivity contribution in [3.05, 3.63) is 52.1 Å². The molecule has 0 aliphatic carbocycles. The molecule has 18 heavy (non-hydrogen) atoms. The van der Waals surface area contributed by atoms with E-state index < -0.39 is 5.97 Å². The molecular formula is C13H10BrNO3. The molecule has 4 nitrogen and oxygen atoms in total. The molecule has 0 unspecified atom stereocenters. The first-order valence-corrected chi connectivity index (χ1v) is 6.00. The summed E-state index contributed by atoms with van der Waals surface area (Å²) in [6, 6.07) is 10.3. The van der Waals surface area contributed by atoms with Crippen molar-refractivity contribution in [1.29, 1.82) is 0 Å². The van der Waals surface area contributed by atoms with E-state index in [4.69, 9.17) is 9.84 Å². The lowest BCUT2D eigenvalue weighted by molar-refractivity contribution is 0.0693. The van der Waals surface area contributed by atoms with Crippen LogP contribution in [0.25, 0.3) is 0 Å². The third kappa shape index (κ3) is 2.68. The summed E-state index contributed by atoms with van der Waals surface area (Å²) in [5, 5.41) is 9.07. The van der Waals surface area contributed by atoms with Crippen molar-refractivity contribution in [1.82, 2.24) is 4.98 Å². The maximum atomic E-state index is 11.1. The predicted molar refractivity (Wildman–Crippen MR) is 70.1 cm³/mol. The molecule has 0 aliphatic rings. The molecule has 0 aliphatic heterocycles. The number of para-hydroxylation sites is 1. The molecule has 1 aromatic heterocycles. The molecule has 0 fully saturated rings. The summed E-state index contributed by atoms with van der Waals surface area (Å²) in [4.78, 5) is 15.2. The van der Waals surface area contributed by atoms with Gasteiger partial charge in [0.05, 0.1) is 4.47 Å². The average Bonchev–Trinajstić information content (AvgIpc) is 2.32. The Labute approximate surface area is 112 Å². The van der Waals surface area contributed by atoms with Crippen molar-refractivity contribution in [2.24, 2.45) is 0 Å². The van der Waals surface area contributed by atoms with Crippen LogP contribution in [0.5, 0.6) is 11.6 Å². The lowest BCUT2D eigenvalue weighted by Gasteiger charge is -2.09. The second kappa shape index (κ2) is 5.18. The molecule has 0 saturated carbocycles. The van der Waals surface area contributed by atoms with E-state index in [2.05, 4.69) is 20.9 Å². The molecule has 0 saturated heterocycles. The first kappa shape index (κ1) is 12.6. The minimum atomic E-state index is -1.07. The van der Waals surface area contributed by atoms with Gasteiger partial charge in [0.25, 0.3) is 0 Å². The van der Waals surface area contributed by atoms with E-state index in [1.54, 1.807) is 25.1 Å². The van der Waals surface area contributed by atoms with Crippen LogP contribution in [0.2, 0.25) is 0 Å². The number of nitrogens with zero attached hydrogens (tertiary/aromatic N) is 1. The number of halogens is 1. The van der Waals surface area contributed by atoms with E-state index in [0.717, 1.165) is 4.47 Å². The zero-order valence-corrected chi connectivity index (χ0v) is 11.1. The van der Waals surface area contributed by atoms with E-state index in [1.165, 1.54) is 6.07 Å². The minimum Gasteiger partial charge on any atom is -0.477 e. The van der Waals surface area contributed by atoms with Crippen molar-refractivity contribution < 1.29 is 14.6 Å². The van der Waals surface area contributed by atoms with Gasteiger partial charge in [-0.05, 0) is 47.1 Å². The van der Waals surface area contributed by atoms with Gasteiger partial charge in [0, 0.05) is 5.69 Å². The van der Waals surface area contributed by atoms with Crippen molar-refractivity contribution in [3.8, 4) is 11.6 Å². The maximum absolute atomic E-state index is 11.1. The number of pyridine rings is 1. The number of hydrogen-bond donors (Lipinski definition) is 1. The van der Waals surface area contributed by atoms with Gasteiger partial charge in [-0.15, -0.1) is 0 Å². The Morgan fingerprint density at radius 3 is 2.67 bits per heavy atom. The summed E-state index contributed by atoms with van der Waals surface area (Å²) in [5.41, 5.74) is 0.735. The summed E-state index contributed by atoms with van der Waals surface area (Å²) in [6.45, 7) is 1.78.